The molecule has 2 aliphatic rings. The minimum atomic E-state index is 0.365. The molecule has 1 heterocycles. The van der Waals surface area contributed by atoms with Crippen LogP contribution in [0.4, 0.5) is 0 Å². The molecule has 17 heavy (non-hydrogen) atoms. The Kier molecular flexibility index (Phi) is 2.55. The number of Topliss-reactive ketones (excluding diaryl/α,β-unsaturated/α-hetero) is 1. The molecule has 1 aliphatic heterocycles. The zero-order valence-electron chi connectivity index (χ0n) is 10.6. The number of benzene rings is 1. The number of rotatable bonds is 0. The van der Waals surface area contributed by atoms with Crippen LogP contribution in [0.25, 0.3) is 0 Å². The van der Waals surface area contributed by atoms with Crippen molar-refractivity contribution in [1.29, 1.82) is 0 Å². The molecule has 1 aromatic rings. The molecule has 1 aliphatic carbocycles. The van der Waals surface area contributed by atoms with Crippen LogP contribution in [0.2, 0.25) is 0 Å². The highest BCUT2D eigenvalue weighted by molar-refractivity contribution is 6.00. The third-order valence-corrected chi connectivity index (χ3v) is 4.39. The quantitative estimate of drug-likeness (QED) is 0.681. The highest BCUT2D eigenvalue weighted by Gasteiger charge is 2.37. The minimum Gasteiger partial charge on any atom is -0.306 e. The predicted molar refractivity (Wildman–Crippen MR) is 68.5 cm³/mol. The molecular formula is C15H19NO. The van der Waals surface area contributed by atoms with Gasteiger partial charge in [0, 0.05) is 24.4 Å². The van der Waals surface area contributed by atoms with Gasteiger partial charge in [-0.25, -0.2) is 0 Å². The zero-order chi connectivity index (χ0) is 12.0. The average Bonchev–Trinajstić information content (AvgIpc) is 2.30. The highest BCUT2D eigenvalue weighted by Crippen LogP contribution is 2.41. The van der Waals surface area contributed by atoms with Gasteiger partial charge >= 0.3 is 0 Å². The number of aryl methyl sites for hydroxylation is 1. The molecule has 0 radical (unpaired) electrons. The summed E-state index contributed by atoms with van der Waals surface area (Å²) >= 11 is 0. The summed E-state index contributed by atoms with van der Waals surface area (Å²) in [5.41, 5.74) is 3.47. The van der Waals surface area contributed by atoms with Crippen molar-refractivity contribution in [2.45, 2.75) is 25.7 Å². The van der Waals surface area contributed by atoms with Gasteiger partial charge < -0.3 is 4.90 Å². The van der Waals surface area contributed by atoms with Crippen LogP contribution >= 0.6 is 0 Å². The zero-order valence-corrected chi connectivity index (χ0v) is 10.6. The lowest BCUT2D eigenvalue weighted by molar-refractivity contribution is 0.0886. The first-order valence-electron chi connectivity index (χ1n) is 6.48. The fourth-order valence-corrected chi connectivity index (χ4v) is 3.48. The van der Waals surface area contributed by atoms with Crippen molar-refractivity contribution in [3.05, 3.63) is 34.9 Å². The third-order valence-electron chi connectivity index (χ3n) is 4.39. The Morgan fingerprint density at radius 2 is 2.18 bits per heavy atom. The van der Waals surface area contributed by atoms with Gasteiger partial charge in [0.25, 0.3) is 0 Å². The summed E-state index contributed by atoms with van der Waals surface area (Å²) in [5, 5.41) is 0. The molecule has 0 amide bonds. The summed E-state index contributed by atoms with van der Waals surface area (Å²) in [6.07, 6.45) is 1.93. The number of likely N-dealkylation sites (tertiary alicyclic amines) is 1. The van der Waals surface area contributed by atoms with Gasteiger partial charge in [-0.15, -0.1) is 0 Å². The number of piperidine rings is 1. The molecule has 1 saturated heterocycles. The van der Waals surface area contributed by atoms with Gasteiger partial charge in [-0.3, -0.25) is 4.79 Å². The lowest BCUT2D eigenvalue weighted by Gasteiger charge is -2.40. The van der Waals surface area contributed by atoms with E-state index in [1.54, 1.807) is 0 Å². The number of nitrogens with zero attached hydrogens (tertiary/aromatic N) is 1. The smallest absolute Gasteiger partial charge is 0.163 e. The molecular weight excluding hydrogens is 210 g/mol. The summed E-state index contributed by atoms with van der Waals surface area (Å²) in [5.74, 6) is 1.51. The Bertz CT molecular complexity index is 466. The lowest BCUT2D eigenvalue weighted by Crippen LogP contribution is -2.40. The third kappa shape index (κ3) is 1.71. The molecule has 3 rings (SSSR count). The maximum absolute atomic E-state index is 12.2. The second kappa shape index (κ2) is 3.95. The van der Waals surface area contributed by atoms with Crippen LogP contribution in [0.5, 0.6) is 0 Å². The number of ketones is 1. The molecule has 2 unspecified atom stereocenters. The van der Waals surface area contributed by atoms with E-state index in [1.165, 1.54) is 12.0 Å². The lowest BCUT2D eigenvalue weighted by atomic mass is 9.70. The standard InChI is InChI=1S/C15H19NO/c1-10-4-3-5-12-13-9-16(2)7-6-11(13)8-14(17)15(10)12/h3-5,11,13H,6-9H2,1-2H3. The monoisotopic (exact) mass is 229 g/mol. The van der Waals surface area contributed by atoms with Crippen LogP contribution in [0, 0.1) is 12.8 Å². The Morgan fingerprint density at radius 1 is 1.35 bits per heavy atom. The molecule has 0 saturated carbocycles. The van der Waals surface area contributed by atoms with Crippen LogP contribution in [-0.4, -0.2) is 30.8 Å². The van der Waals surface area contributed by atoms with Gasteiger partial charge in [0.15, 0.2) is 5.78 Å². The van der Waals surface area contributed by atoms with Crippen LogP contribution in [-0.2, 0) is 0 Å². The van der Waals surface area contributed by atoms with Crippen molar-refractivity contribution in [3.8, 4) is 0 Å². The van der Waals surface area contributed by atoms with E-state index in [2.05, 4.69) is 37.1 Å². The van der Waals surface area contributed by atoms with Crippen molar-refractivity contribution in [3.63, 3.8) is 0 Å². The van der Waals surface area contributed by atoms with Crippen LogP contribution < -0.4 is 0 Å². The fraction of sp³-hybridized carbons (Fsp3) is 0.533. The first-order valence-corrected chi connectivity index (χ1v) is 6.48. The van der Waals surface area contributed by atoms with Crippen molar-refractivity contribution in [2.75, 3.05) is 20.1 Å². The molecule has 0 spiro atoms. The molecule has 0 aromatic heterocycles. The van der Waals surface area contributed by atoms with Gasteiger partial charge in [0.1, 0.15) is 0 Å². The summed E-state index contributed by atoms with van der Waals surface area (Å²) in [4.78, 5) is 14.6. The Labute approximate surface area is 103 Å². The van der Waals surface area contributed by atoms with Crippen LogP contribution in [0.15, 0.2) is 18.2 Å². The van der Waals surface area contributed by atoms with Crippen molar-refractivity contribution < 1.29 is 4.79 Å². The van der Waals surface area contributed by atoms with Gasteiger partial charge in [-0.05, 0) is 44.0 Å². The maximum atomic E-state index is 12.2. The Morgan fingerprint density at radius 3 is 3.00 bits per heavy atom. The summed E-state index contributed by atoms with van der Waals surface area (Å²) in [7, 11) is 2.18. The van der Waals surface area contributed by atoms with E-state index in [4.69, 9.17) is 0 Å². The number of hydrogen-bond acceptors (Lipinski definition) is 2. The van der Waals surface area contributed by atoms with E-state index in [9.17, 15) is 4.79 Å². The number of carbonyl (C=O) groups is 1. The molecule has 90 valence electrons. The van der Waals surface area contributed by atoms with Crippen molar-refractivity contribution >= 4 is 5.78 Å². The molecule has 0 N–H and O–H groups in total. The number of hydrogen-bond donors (Lipinski definition) is 0. The van der Waals surface area contributed by atoms with E-state index >= 15 is 0 Å². The SMILES string of the molecule is Cc1cccc2c1C(=O)CC1CCN(C)CC21. The number of fused-ring (bicyclic) bond motifs is 3. The topological polar surface area (TPSA) is 20.3 Å². The van der Waals surface area contributed by atoms with Gasteiger partial charge in [-0.2, -0.15) is 0 Å². The summed E-state index contributed by atoms with van der Waals surface area (Å²) < 4.78 is 0. The second-order valence-corrected chi connectivity index (χ2v) is 5.58. The normalized spacial score (nSPS) is 28.7. The number of likely N-dealkylation sites (N-methyl/N-ethyl adjacent to an activating group) is 1. The molecule has 2 heteroatoms. The van der Waals surface area contributed by atoms with Crippen LogP contribution in [0.1, 0.15) is 40.2 Å². The Balaban J connectivity index is 2.08. The Hall–Kier alpha value is -1.15. The van der Waals surface area contributed by atoms with E-state index in [1.807, 2.05) is 0 Å². The van der Waals surface area contributed by atoms with Crippen molar-refractivity contribution in [2.24, 2.45) is 5.92 Å². The predicted octanol–water partition coefficient (Wildman–Crippen LogP) is 2.62. The van der Waals surface area contributed by atoms with E-state index in [0.717, 1.165) is 30.6 Å². The number of carbonyl (C=O) groups excluding carboxylic acids is 1. The largest absolute Gasteiger partial charge is 0.306 e. The fourth-order valence-electron chi connectivity index (χ4n) is 3.48. The summed E-state index contributed by atoms with van der Waals surface area (Å²) in [6.45, 7) is 4.30. The first kappa shape index (κ1) is 11.0. The van der Waals surface area contributed by atoms with E-state index in [-0.39, 0.29) is 0 Å². The van der Waals surface area contributed by atoms with Gasteiger partial charge in [0.05, 0.1) is 0 Å². The second-order valence-electron chi connectivity index (χ2n) is 5.58. The van der Waals surface area contributed by atoms with Gasteiger partial charge in [0.2, 0.25) is 0 Å². The molecule has 1 fully saturated rings. The van der Waals surface area contributed by atoms with Crippen LogP contribution in [0.3, 0.4) is 0 Å². The minimum absolute atomic E-state index is 0.365. The van der Waals surface area contributed by atoms with E-state index in [0.29, 0.717) is 17.6 Å². The first-order chi connectivity index (χ1) is 8.16. The average molecular weight is 229 g/mol. The molecule has 1 aromatic carbocycles. The molecule has 2 atom stereocenters. The van der Waals surface area contributed by atoms with Gasteiger partial charge in [-0.1, -0.05) is 18.2 Å². The maximum Gasteiger partial charge on any atom is 0.163 e. The van der Waals surface area contributed by atoms with Crippen molar-refractivity contribution in [1.82, 2.24) is 4.90 Å². The molecule has 2 nitrogen and oxygen atoms in total. The highest BCUT2D eigenvalue weighted by atomic mass is 16.1. The molecule has 0 bridgehead atoms. The summed E-state index contributed by atoms with van der Waals surface area (Å²) in [6, 6.07) is 6.32. The van der Waals surface area contributed by atoms with E-state index < -0.39 is 0 Å².